The normalized spacial score (nSPS) is 10.1. The molecule has 0 amide bonds. The Morgan fingerprint density at radius 2 is 2.30 bits per heavy atom. The molecule has 2 nitrogen and oxygen atoms in total. The second kappa shape index (κ2) is 5.37. The van der Waals surface area contributed by atoms with Gasteiger partial charge in [0.2, 0.25) is 5.82 Å². The lowest BCUT2D eigenvalue weighted by molar-refractivity contribution is 0.356. The molecule has 0 N–H and O–H groups in total. The molecule has 0 rings (SSSR count). The molecule has 0 bridgehead atoms. The molecule has 0 saturated carbocycles. The standard InChI is InChI=1S/C7H12O2P/c1-4-9-10(8)6-5-7(2)3/h6H,4H2,1-3H3/q+1. The quantitative estimate of drug-likeness (QED) is 0.467. The van der Waals surface area contributed by atoms with Crippen molar-refractivity contribution in [2.75, 3.05) is 6.61 Å². The van der Waals surface area contributed by atoms with E-state index in [1.165, 1.54) is 5.82 Å². The summed E-state index contributed by atoms with van der Waals surface area (Å²) in [6.45, 7) is 6.08. The van der Waals surface area contributed by atoms with Gasteiger partial charge in [-0.2, -0.15) is 0 Å². The molecule has 0 spiro atoms. The molecular formula is C7H12O2P+. The maximum atomic E-state index is 10.7. The minimum Gasteiger partial charge on any atom is -0.142 e. The average Bonchev–Trinajstić information content (AvgIpc) is 1.85. The highest BCUT2D eigenvalue weighted by Gasteiger charge is 2.08. The molecular weight excluding hydrogens is 147 g/mol. The lowest BCUT2D eigenvalue weighted by Gasteiger charge is -1.74. The van der Waals surface area contributed by atoms with Gasteiger partial charge in [-0.15, -0.1) is 4.52 Å². The van der Waals surface area contributed by atoms with Crippen molar-refractivity contribution in [1.82, 2.24) is 0 Å². The maximum Gasteiger partial charge on any atom is 0.549 e. The Morgan fingerprint density at radius 3 is 2.70 bits per heavy atom. The minimum atomic E-state index is -1.62. The average molecular weight is 159 g/mol. The van der Waals surface area contributed by atoms with Crippen LogP contribution < -0.4 is 0 Å². The van der Waals surface area contributed by atoms with Gasteiger partial charge in [-0.05, 0) is 30.9 Å². The zero-order valence-electron chi connectivity index (χ0n) is 6.55. The van der Waals surface area contributed by atoms with Crippen molar-refractivity contribution in [2.24, 2.45) is 0 Å². The Hall–Kier alpha value is -0.420. The molecule has 3 heteroatoms. The number of rotatable bonds is 3. The molecule has 0 saturated heterocycles. The molecule has 1 atom stereocenters. The predicted octanol–water partition coefficient (Wildman–Crippen LogP) is 2.84. The van der Waals surface area contributed by atoms with Crippen LogP contribution in [0.25, 0.3) is 0 Å². The van der Waals surface area contributed by atoms with Crippen molar-refractivity contribution < 1.29 is 9.09 Å². The van der Waals surface area contributed by atoms with E-state index < -0.39 is 8.03 Å². The second-order valence-corrected chi connectivity index (χ2v) is 3.06. The molecule has 0 aromatic heterocycles. The molecule has 0 fully saturated rings. The van der Waals surface area contributed by atoms with Crippen LogP contribution in [0.3, 0.4) is 0 Å². The van der Waals surface area contributed by atoms with Crippen LogP contribution in [0.1, 0.15) is 20.8 Å². The largest absolute Gasteiger partial charge is 0.549 e. The lowest BCUT2D eigenvalue weighted by atomic mass is 10.4. The summed E-state index contributed by atoms with van der Waals surface area (Å²) in [6, 6.07) is 0. The fourth-order valence-electron chi connectivity index (χ4n) is 0.346. The van der Waals surface area contributed by atoms with Crippen molar-refractivity contribution in [3.8, 4) is 0 Å². The van der Waals surface area contributed by atoms with E-state index in [0.29, 0.717) is 6.61 Å². The van der Waals surface area contributed by atoms with Gasteiger partial charge in [0.05, 0.1) is 0 Å². The van der Waals surface area contributed by atoms with Gasteiger partial charge in [0.25, 0.3) is 0 Å². The third-order valence-electron chi connectivity index (χ3n) is 0.715. The summed E-state index contributed by atoms with van der Waals surface area (Å²) in [5.74, 6) is 1.45. The summed E-state index contributed by atoms with van der Waals surface area (Å²) >= 11 is 0. The Bertz CT molecular complexity index is 174. The van der Waals surface area contributed by atoms with Crippen LogP contribution in [0.4, 0.5) is 0 Å². The summed E-state index contributed by atoms with van der Waals surface area (Å²) in [6.07, 6.45) is 0. The van der Waals surface area contributed by atoms with Gasteiger partial charge in [0, 0.05) is 0 Å². The fraction of sp³-hybridized carbons (Fsp3) is 0.571. The van der Waals surface area contributed by atoms with Gasteiger partial charge in [-0.3, -0.25) is 0 Å². The van der Waals surface area contributed by atoms with E-state index in [4.69, 9.17) is 4.52 Å². The Labute approximate surface area is 62.5 Å². The summed E-state index contributed by atoms with van der Waals surface area (Å²) in [5, 5.41) is 0. The van der Waals surface area contributed by atoms with Crippen molar-refractivity contribution in [1.29, 1.82) is 0 Å². The smallest absolute Gasteiger partial charge is 0.142 e. The molecule has 0 aliphatic heterocycles. The number of hydrogen-bond acceptors (Lipinski definition) is 2. The van der Waals surface area contributed by atoms with E-state index in [2.05, 4.69) is 5.73 Å². The Kier molecular flexibility index (Phi) is 5.15. The van der Waals surface area contributed by atoms with Crippen LogP contribution in [-0.4, -0.2) is 6.61 Å². The fourth-order valence-corrected chi connectivity index (χ4v) is 1.04. The van der Waals surface area contributed by atoms with E-state index in [1.54, 1.807) is 0 Å². The van der Waals surface area contributed by atoms with Crippen LogP contribution in [0, 0.1) is 0 Å². The molecule has 0 aliphatic carbocycles. The van der Waals surface area contributed by atoms with Gasteiger partial charge in [-0.25, -0.2) is 0 Å². The van der Waals surface area contributed by atoms with Gasteiger partial charge in [-0.1, -0.05) is 5.73 Å². The van der Waals surface area contributed by atoms with E-state index in [1.807, 2.05) is 20.8 Å². The third kappa shape index (κ3) is 5.71. The van der Waals surface area contributed by atoms with Crippen molar-refractivity contribution >= 4 is 8.03 Å². The van der Waals surface area contributed by atoms with E-state index in [0.717, 1.165) is 5.57 Å². The Morgan fingerprint density at radius 1 is 1.70 bits per heavy atom. The van der Waals surface area contributed by atoms with Crippen molar-refractivity contribution in [2.45, 2.75) is 20.8 Å². The molecule has 0 aromatic carbocycles. The third-order valence-corrected chi connectivity index (χ3v) is 1.57. The summed E-state index contributed by atoms with van der Waals surface area (Å²) < 4.78 is 15.5. The van der Waals surface area contributed by atoms with Gasteiger partial charge < -0.3 is 0 Å². The van der Waals surface area contributed by atoms with Crippen LogP contribution in [-0.2, 0) is 9.09 Å². The highest BCUT2D eigenvalue weighted by molar-refractivity contribution is 7.42. The zero-order chi connectivity index (χ0) is 7.98. The van der Waals surface area contributed by atoms with Gasteiger partial charge >= 0.3 is 8.03 Å². The topological polar surface area (TPSA) is 26.3 Å². The van der Waals surface area contributed by atoms with E-state index in [-0.39, 0.29) is 0 Å². The first kappa shape index (κ1) is 9.58. The monoisotopic (exact) mass is 159 g/mol. The SMILES string of the molecule is CCO[P+](=O)C=C=C(C)C. The first-order valence-electron chi connectivity index (χ1n) is 3.16. The Balaban J connectivity index is 3.90. The summed E-state index contributed by atoms with van der Waals surface area (Å²) in [5.41, 5.74) is 3.82. The van der Waals surface area contributed by atoms with Gasteiger partial charge in [0.15, 0.2) is 0 Å². The van der Waals surface area contributed by atoms with Crippen LogP contribution in [0.5, 0.6) is 0 Å². The first-order valence-corrected chi connectivity index (χ1v) is 4.40. The molecule has 56 valence electrons. The highest BCUT2D eigenvalue weighted by atomic mass is 31.1. The number of hydrogen-bond donors (Lipinski definition) is 0. The first-order chi connectivity index (χ1) is 4.66. The molecule has 0 aromatic rings. The highest BCUT2D eigenvalue weighted by Crippen LogP contribution is 2.22. The zero-order valence-corrected chi connectivity index (χ0v) is 7.44. The van der Waals surface area contributed by atoms with Crippen molar-refractivity contribution in [3.05, 3.63) is 17.1 Å². The molecule has 1 unspecified atom stereocenters. The summed E-state index contributed by atoms with van der Waals surface area (Å²) in [4.78, 5) is 0. The predicted molar refractivity (Wildman–Crippen MR) is 42.2 cm³/mol. The maximum absolute atomic E-state index is 10.7. The molecule has 0 heterocycles. The molecule has 10 heavy (non-hydrogen) atoms. The van der Waals surface area contributed by atoms with E-state index >= 15 is 0 Å². The number of allylic oxidation sites excluding steroid dienone is 1. The lowest BCUT2D eigenvalue weighted by Crippen LogP contribution is -1.72. The van der Waals surface area contributed by atoms with Crippen LogP contribution in [0.2, 0.25) is 0 Å². The van der Waals surface area contributed by atoms with Gasteiger partial charge in [0.1, 0.15) is 6.61 Å². The van der Waals surface area contributed by atoms with Crippen LogP contribution in [0.15, 0.2) is 17.1 Å². The molecule has 0 radical (unpaired) electrons. The second-order valence-electron chi connectivity index (χ2n) is 1.98. The van der Waals surface area contributed by atoms with Crippen LogP contribution >= 0.6 is 8.03 Å². The minimum absolute atomic E-state index is 0.482. The van der Waals surface area contributed by atoms with E-state index in [9.17, 15) is 4.57 Å². The molecule has 0 aliphatic rings. The van der Waals surface area contributed by atoms with Crippen molar-refractivity contribution in [3.63, 3.8) is 0 Å². The summed E-state index contributed by atoms with van der Waals surface area (Å²) in [7, 11) is -1.62.